The maximum Gasteiger partial charge on any atom is 0.339 e. The van der Waals surface area contributed by atoms with Crippen LogP contribution in [-0.4, -0.2) is 23.8 Å². The Labute approximate surface area is 147 Å². The van der Waals surface area contributed by atoms with Crippen molar-refractivity contribution in [2.75, 3.05) is 5.32 Å². The van der Waals surface area contributed by atoms with Crippen LogP contribution in [0.25, 0.3) is 0 Å². The first-order valence-electron chi connectivity index (χ1n) is 7.98. The van der Waals surface area contributed by atoms with E-state index in [-0.39, 0.29) is 5.78 Å². The van der Waals surface area contributed by atoms with Gasteiger partial charge in [-0.05, 0) is 57.0 Å². The normalized spacial score (nSPS) is 11.5. The highest BCUT2D eigenvalue weighted by molar-refractivity contribution is 5.99. The fourth-order valence-electron chi connectivity index (χ4n) is 2.31. The van der Waals surface area contributed by atoms with E-state index in [4.69, 9.17) is 4.74 Å². The van der Waals surface area contributed by atoms with Gasteiger partial charge in [0.05, 0.1) is 5.56 Å². The third-order valence-corrected chi connectivity index (χ3v) is 4.01. The van der Waals surface area contributed by atoms with E-state index in [9.17, 15) is 14.4 Å². The molecule has 2 aromatic rings. The van der Waals surface area contributed by atoms with Crippen molar-refractivity contribution in [1.82, 2.24) is 0 Å². The number of hydrogen-bond acceptors (Lipinski definition) is 4. The summed E-state index contributed by atoms with van der Waals surface area (Å²) in [5.74, 6) is -1.09. The lowest BCUT2D eigenvalue weighted by Gasteiger charge is -2.15. The van der Waals surface area contributed by atoms with E-state index < -0.39 is 18.0 Å². The Morgan fingerprint density at radius 1 is 1.04 bits per heavy atom. The smallest absolute Gasteiger partial charge is 0.339 e. The second-order valence-corrected chi connectivity index (χ2v) is 5.92. The van der Waals surface area contributed by atoms with Crippen molar-refractivity contribution < 1.29 is 19.1 Å². The summed E-state index contributed by atoms with van der Waals surface area (Å²) < 4.78 is 5.27. The molecule has 0 aliphatic carbocycles. The zero-order valence-corrected chi connectivity index (χ0v) is 14.8. The van der Waals surface area contributed by atoms with Crippen molar-refractivity contribution in [2.45, 2.75) is 33.8 Å². The summed E-state index contributed by atoms with van der Waals surface area (Å²) in [5, 5.41) is 2.65. The molecule has 0 aliphatic heterocycles. The molecule has 1 N–H and O–H groups in total. The summed E-state index contributed by atoms with van der Waals surface area (Å²) in [4.78, 5) is 35.9. The number of hydrogen-bond donors (Lipinski definition) is 1. The van der Waals surface area contributed by atoms with Gasteiger partial charge in [-0.25, -0.2) is 4.79 Å². The third kappa shape index (κ3) is 4.53. The molecule has 0 aromatic heterocycles. The summed E-state index contributed by atoms with van der Waals surface area (Å²) in [6.07, 6.45) is -0.964. The summed E-state index contributed by atoms with van der Waals surface area (Å²) >= 11 is 0. The van der Waals surface area contributed by atoms with Gasteiger partial charge in [-0.3, -0.25) is 9.59 Å². The van der Waals surface area contributed by atoms with Gasteiger partial charge in [0.15, 0.2) is 11.9 Å². The monoisotopic (exact) mass is 339 g/mol. The number of aryl methyl sites for hydroxylation is 1. The predicted octanol–water partition coefficient (Wildman–Crippen LogP) is 3.69. The van der Waals surface area contributed by atoms with Crippen LogP contribution in [0.3, 0.4) is 0 Å². The quantitative estimate of drug-likeness (QED) is 0.666. The zero-order chi connectivity index (χ0) is 18.6. The third-order valence-electron chi connectivity index (χ3n) is 4.01. The molecule has 25 heavy (non-hydrogen) atoms. The van der Waals surface area contributed by atoms with E-state index in [0.29, 0.717) is 16.8 Å². The van der Waals surface area contributed by atoms with Gasteiger partial charge >= 0.3 is 5.97 Å². The van der Waals surface area contributed by atoms with Gasteiger partial charge < -0.3 is 10.1 Å². The lowest BCUT2D eigenvalue weighted by atomic mass is 10.0. The zero-order valence-electron chi connectivity index (χ0n) is 14.8. The number of esters is 1. The Morgan fingerprint density at radius 3 is 2.40 bits per heavy atom. The largest absolute Gasteiger partial charge is 0.449 e. The van der Waals surface area contributed by atoms with Crippen molar-refractivity contribution in [3.8, 4) is 0 Å². The molecule has 0 fully saturated rings. The second-order valence-electron chi connectivity index (χ2n) is 5.92. The molecule has 0 saturated heterocycles. The number of nitrogens with one attached hydrogen (secondary N) is 1. The number of carbonyl (C=O) groups is 3. The summed E-state index contributed by atoms with van der Waals surface area (Å²) in [6, 6.07) is 12.0. The minimum atomic E-state index is -0.964. The molecule has 0 bridgehead atoms. The first kappa shape index (κ1) is 18.4. The maximum absolute atomic E-state index is 12.3. The molecule has 5 nitrogen and oxygen atoms in total. The Morgan fingerprint density at radius 2 is 1.72 bits per heavy atom. The van der Waals surface area contributed by atoms with Crippen molar-refractivity contribution in [2.24, 2.45) is 0 Å². The lowest BCUT2D eigenvalue weighted by Crippen LogP contribution is -2.30. The molecule has 1 atom stereocenters. The van der Waals surface area contributed by atoms with Crippen LogP contribution in [0.4, 0.5) is 5.69 Å². The van der Waals surface area contributed by atoms with E-state index in [0.717, 1.165) is 11.1 Å². The van der Waals surface area contributed by atoms with Crippen molar-refractivity contribution in [3.63, 3.8) is 0 Å². The molecule has 0 radical (unpaired) electrons. The fraction of sp³-hybridized carbons (Fsp3) is 0.250. The fourth-order valence-corrected chi connectivity index (χ4v) is 2.31. The van der Waals surface area contributed by atoms with Crippen LogP contribution in [0.5, 0.6) is 0 Å². The van der Waals surface area contributed by atoms with E-state index in [1.165, 1.54) is 13.8 Å². The number of Topliss-reactive ketones (excluding diaryl/α,β-unsaturated/α-hetero) is 1. The molecule has 5 heteroatoms. The number of carbonyl (C=O) groups excluding carboxylic acids is 3. The first-order chi connectivity index (χ1) is 11.8. The Kier molecular flexibility index (Phi) is 5.70. The minimum absolute atomic E-state index is 0.0921. The molecule has 0 heterocycles. The van der Waals surface area contributed by atoms with Crippen LogP contribution < -0.4 is 5.32 Å². The van der Waals surface area contributed by atoms with Crippen LogP contribution >= 0.6 is 0 Å². The number of anilines is 1. The standard InChI is InChI=1S/C20H21NO4/c1-12-7-5-10-18(13(12)2)20(24)25-15(4)19(23)21-17-9-6-8-16(11-17)14(3)22/h5-11,15H,1-4H3,(H,21,23)/t15-/m0/s1. The maximum atomic E-state index is 12.3. The van der Waals surface area contributed by atoms with Gasteiger partial charge in [-0.1, -0.05) is 24.3 Å². The molecular weight excluding hydrogens is 318 g/mol. The van der Waals surface area contributed by atoms with Gasteiger partial charge in [0.25, 0.3) is 5.91 Å². The highest BCUT2D eigenvalue weighted by atomic mass is 16.5. The number of benzene rings is 2. The minimum Gasteiger partial charge on any atom is -0.449 e. The summed E-state index contributed by atoms with van der Waals surface area (Å²) in [7, 11) is 0. The van der Waals surface area contributed by atoms with Crippen LogP contribution in [0.15, 0.2) is 42.5 Å². The molecule has 0 aliphatic rings. The number of ether oxygens (including phenoxy) is 1. The average molecular weight is 339 g/mol. The van der Waals surface area contributed by atoms with Crippen molar-refractivity contribution in [1.29, 1.82) is 0 Å². The average Bonchev–Trinajstić information content (AvgIpc) is 2.57. The van der Waals surface area contributed by atoms with Gasteiger partial charge in [-0.15, -0.1) is 0 Å². The molecule has 0 saturated carbocycles. The number of ketones is 1. The van der Waals surface area contributed by atoms with Gasteiger partial charge in [0, 0.05) is 11.3 Å². The van der Waals surface area contributed by atoms with Gasteiger partial charge in [0.2, 0.25) is 0 Å². The number of amides is 1. The Balaban J connectivity index is 2.05. The summed E-state index contributed by atoms with van der Waals surface area (Å²) in [6.45, 7) is 6.71. The highest BCUT2D eigenvalue weighted by Gasteiger charge is 2.20. The highest BCUT2D eigenvalue weighted by Crippen LogP contribution is 2.16. The Bertz CT molecular complexity index is 826. The van der Waals surface area contributed by atoms with Crippen molar-refractivity contribution >= 4 is 23.3 Å². The Hall–Kier alpha value is -2.95. The molecule has 0 spiro atoms. The van der Waals surface area contributed by atoms with Crippen LogP contribution in [0.1, 0.15) is 45.7 Å². The van der Waals surface area contributed by atoms with Gasteiger partial charge in [-0.2, -0.15) is 0 Å². The molecular formula is C20H21NO4. The first-order valence-corrected chi connectivity index (χ1v) is 7.98. The molecule has 1 amide bonds. The van der Waals surface area contributed by atoms with E-state index in [2.05, 4.69) is 5.32 Å². The van der Waals surface area contributed by atoms with Gasteiger partial charge in [0.1, 0.15) is 0 Å². The number of rotatable bonds is 5. The predicted molar refractivity (Wildman–Crippen MR) is 95.9 cm³/mol. The molecule has 130 valence electrons. The van der Waals surface area contributed by atoms with E-state index in [1.807, 2.05) is 19.9 Å². The van der Waals surface area contributed by atoms with E-state index in [1.54, 1.807) is 36.4 Å². The molecule has 2 aromatic carbocycles. The van der Waals surface area contributed by atoms with Crippen LogP contribution in [0, 0.1) is 13.8 Å². The van der Waals surface area contributed by atoms with E-state index >= 15 is 0 Å². The second kappa shape index (κ2) is 7.75. The summed E-state index contributed by atoms with van der Waals surface area (Å²) in [5.41, 5.74) is 3.23. The molecule has 0 unspecified atom stereocenters. The lowest BCUT2D eigenvalue weighted by molar-refractivity contribution is -0.123. The van der Waals surface area contributed by atoms with Crippen LogP contribution in [-0.2, 0) is 9.53 Å². The van der Waals surface area contributed by atoms with Crippen molar-refractivity contribution in [3.05, 3.63) is 64.7 Å². The van der Waals surface area contributed by atoms with Crippen LogP contribution in [0.2, 0.25) is 0 Å². The SMILES string of the molecule is CC(=O)c1cccc(NC(=O)[C@H](C)OC(=O)c2cccc(C)c2C)c1. The molecule has 2 rings (SSSR count). The topological polar surface area (TPSA) is 72.5 Å².